The average Bonchev–Trinajstić information content (AvgIpc) is 2.58. The quantitative estimate of drug-likeness (QED) is 0.409. The fourth-order valence-corrected chi connectivity index (χ4v) is 2.08. The minimum absolute atomic E-state index is 0. The SMILES string of the molecule is CN=C(NCCc1cccc(F)c1)NCc1cccc(OC)n1.I. The van der Waals surface area contributed by atoms with Crippen LogP contribution >= 0.6 is 24.0 Å². The Labute approximate surface area is 158 Å². The molecule has 1 aromatic heterocycles. The highest BCUT2D eigenvalue weighted by molar-refractivity contribution is 14.0. The highest BCUT2D eigenvalue weighted by atomic mass is 127. The summed E-state index contributed by atoms with van der Waals surface area (Å²) in [5, 5.41) is 6.38. The second kappa shape index (κ2) is 10.8. The standard InChI is InChI=1S/C17H21FN4O.HI/c1-19-17(20-10-9-13-5-3-6-14(18)11-13)21-12-15-7-4-8-16(22-15)23-2;/h3-8,11H,9-10,12H2,1-2H3,(H2,19,20,21);1H. The third-order valence-electron chi connectivity index (χ3n) is 3.25. The number of hydrogen-bond donors (Lipinski definition) is 2. The van der Waals surface area contributed by atoms with Crippen molar-refractivity contribution >= 4 is 29.9 Å². The first kappa shape index (κ1) is 20.1. The minimum Gasteiger partial charge on any atom is -0.481 e. The number of nitrogens with zero attached hydrogens (tertiary/aromatic N) is 2. The molecule has 24 heavy (non-hydrogen) atoms. The number of halogens is 2. The summed E-state index contributed by atoms with van der Waals surface area (Å²) in [5.74, 6) is 1.04. The van der Waals surface area contributed by atoms with Crippen LogP contribution in [-0.2, 0) is 13.0 Å². The maximum Gasteiger partial charge on any atom is 0.213 e. The molecule has 130 valence electrons. The van der Waals surface area contributed by atoms with Gasteiger partial charge in [0.15, 0.2) is 5.96 Å². The van der Waals surface area contributed by atoms with Crippen molar-refractivity contribution in [1.29, 1.82) is 0 Å². The molecule has 0 aliphatic carbocycles. The van der Waals surface area contributed by atoms with E-state index in [-0.39, 0.29) is 29.8 Å². The number of aliphatic imine (C=N–C) groups is 1. The molecule has 0 aliphatic rings. The molecule has 0 fully saturated rings. The van der Waals surface area contributed by atoms with Crippen LogP contribution in [0, 0.1) is 5.82 Å². The predicted octanol–water partition coefficient (Wildman–Crippen LogP) is 2.76. The van der Waals surface area contributed by atoms with Crippen molar-refractivity contribution in [2.75, 3.05) is 20.7 Å². The second-order valence-electron chi connectivity index (χ2n) is 4.90. The molecule has 7 heteroatoms. The molecule has 0 amide bonds. The first-order valence-corrected chi connectivity index (χ1v) is 7.40. The molecule has 2 rings (SSSR count). The monoisotopic (exact) mass is 444 g/mol. The summed E-state index contributed by atoms with van der Waals surface area (Å²) in [7, 11) is 3.29. The predicted molar refractivity (Wildman–Crippen MR) is 105 cm³/mol. The van der Waals surface area contributed by atoms with Crippen molar-refractivity contribution in [2.24, 2.45) is 4.99 Å². The molecule has 0 saturated heterocycles. The lowest BCUT2D eigenvalue weighted by Crippen LogP contribution is -2.38. The lowest BCUT2D eigenvalue weighted by atomic mass is 10.1. The molecule has 0 bridgehead atoms. The molecule has 0 atom stereocenters. The van der Waals surface area contributed by atoms with Crippen LogP contribution in [0.25, 0.3) is 0 Å². The van der Waals surface area contributed by atoms with Gasteiger partial charge in [0.2, 0.25) is 5.88 Å². The Bertz CT molecular complexity index is 667. The van der Waals surface area contributed by atoms with E-state index in [1.807, 2.05) is 18.2 Å². The minimum atomic E-state index is -0.214. The van der Waals surface area contributed by atoms with Gasteiger partial charge < -0.3 is 15.4 Å². The zero-order chi connectivity index (χ0) is 16.5. The van der Waals surface area contributed by atoms with E-state index in [1.54, 1.807) is 26.3 Å². The van der Waals surface area contributed by atoms with Crippen molar-refractivity contribution < 1.29 is 9.13 Å². The Morgan fingerprint density at radius 3 is 2.71 bits per heavy atom. The third kappa shape index (κ3) is 6.69. The molecule has 0 spiro atoms. The Hall–Kier alpha value is -1.90. The van der Waals surface area contributed by atoms with E-state index in [2.05, 4.69) is 20.6 Å². The van der Waals surface area contributed by atoms with Crippen LogP contribution < -0.4 is 15.4 Å². The largest absolute Gasteiger partial charge is 0.481 e. The molecule has 0 saturated carbocycles. The smallest absolute Gasteiger partial charge is 0.213 e. The maximum absolute atomic E-state index is 13.1. The number of nitrogens with one attached hydrogen (secondary N) is 2. The maximum atomic E-state index is 13.1. The number of methoxy groups -OCH3 is 1. The molecular formula is C17H22FIN4O. The van der Waals surface area contributed by atoms with Gasteiger partial charge in [0.25, 0.3) is 0 Å². The van der Waals surface area contributed by atoms with E-state index < -0.39 is 0 Å². The molecule has 2 N–H and O–H groups in total. The van der Waals surface area contributed by atoms with Gasteiger partial charge in [0, 0.05) is 19.7 Å². The molecule has 0 unspecified atom stereocenters. The van der Waals surface area contributed by atoms with Gasteiger partial charge in [-0.25, -0.2) is 9.37 Å². The number of rotatable bonds is 6. The summed E-state index contributed by atoms with van der Waals surface area (Å²) in [5.41, 5.74) is 1.81. The summed E-state index contributed by atoms with van der Waals surface area (Å²) in [6, 6.07) is 12.2. The van der Waals surface area contributed by atoms with E-state index in [0.717, 1.165) is 17.7 Å². The first-order valence-electron chi connectivity index (χ1n) is 7.40. The number of benzene rings is 1. The summed E-state index contributed by atoms with van der Waals surface area (Å²) in [4.78, 5) is 8.48. The van der Waals surface area contributed by atoms with E-state index >= 15 is 0 Å². The zero-order valence-corrected chi connectivity index (χ0v) is 16.1. The highest BCUT2D eigenvalue weighted by Gasteiger charge is 2.01. The highest BCUT2D eigenvalue weighted by Crippen LogP contribution is 2.06. The Morgan fingerprint density at radius 2 is 2.00 bits per heavy atom. The van der Waals surface area contributed by atoms with Crippen LogP contribution in [0.2, 0.25) is 0 Å². The second-order valence-corrected chi connectivity index (χ2v) is 4.90. The molecular weight excluding hydrogens is 422 g/mol. The van der Waals surface area contributed by atoms with Crippen molar-refractivity contribution in [1.82, 2.24) is 15.6 Å². The number of hydrogen-bond acceptors (Lipinski definition) is 3. The number of aromatic nitrogens is 1. The topological polar surface area (TPSA) is 58.5 Å². The van der Waals surface area contributed by atoms with Gasteiger partial charge in [-0.1, -0.05) is 18.2 Å². The van der Waals surface area contributed by atoms with Crippen LogP contribution in [0.1, 0.15) is 11.3 Å². The van der Waals surface area contributed by atoms with Crippen molar-refractivity contribution in [3.8, 4) is 5.88 Å². The van der Waals surface area contributed by atoms with E-state index in [0.29, 0.717) is 24.9 Å². The number of guanidine groups is 1. The number of pyridine rings is 1. The first-order chi connectivity index (χ1) is 11.2. The van der Waals surface area contributed by atoms with Crippen LogP contribution in [0.3, 0.4) is 0 Å². The normalized spacial score (nSPS) is 10.7. The number of ether oxygens (including phenoxy) is 1. The molecule has 0 radical (unpaired) electrons. The Morgan fingerprint density at radius 1 is 1.21 bits per heavy atom. The van der Waals surface area contributed by atoms with Crippen LogP contribution in [0.4, 0.5) is 4.39 Å². The Kier molecular flexibility index (Phi) is 9.06. The van der Waals surface area contributed by atoms with Gasteiger partial charge in [-0.05, 0) is 30.2 Å². The fourth-order valence-electron chi connectivity index (χ4n) is 2.08. The summed E-state index contributed by atoms with van der Waals surface area (Å²) >= 11 is 0. The van der Waals surface area contributed by atoms with E-state index in [1.165, 1.54) is 12.1 Å². The molecule has 2 aromatic rings. The summed E-state index contributed by atoms with van der Waals surface area (Å²) in [6.45, 7) is 1.20. The zero-order valence-electron chi connectivity index (χ0n) is 13.8. The van der Waals surface area contributed by atoms with Gasteiger partial charge in [-0.2, -0.15) is 0 Å². The Balaban J connectivity index is 0.00000288. The van der Waals surface area contributed by atoms with Gasteiger partial charge in [0.05, 0.1) is 19.3 Å². The van der Waals surface area contributed by atoms with Crippen molar-refractivity contribution in [2.45, 2.75) is 13.0 Å². The average molecular weight is 444 g/mol. The van der Waals surface area contributed by atoms with Gasteiger partial charge in [0.1, 0.15) is 5.82 Å². The van der Waals surface area contributed by atoms with Crippen molar-refractivity contribution in [3.05, 3.63) is 59.5 Å². The van der Waals surface area contributed by atoms with Crippen LogP contribution in [0.5, 0.6) is 5.88 Å². The lowest BCUT2D eigenvalue weighted by Gasteiger charge is -2.12. The fraction of sp³-hybridized carbons (Fsp3) is 0.294. The molecule has 5 nitrogen and oxygen atoms in total. The molecule has 1 heterocycles. The summed E-state index contributed by atoms with van der Waals surface area (Å²) in [6.07, 6.45) is 0.718. The summed E-state index contributed by atoms with van der Waals surface area (Å²) < 4.78 is 18.2. The van der Waals surface area contributed by atoms with Gasteiger partial charge >= 0.3 is 0 Å². The van der Waals surface area contributed by atoms with Crippen molar-refractivity contribution in [3.63, 3.8) is 0 Å². The van der Waals surface area contributed by atoms with E-state index in [4.69, 9.17) is 4.74 Å². The van der Waals surface area contributed by atoms with Crippen LogP contribution in [0.15, 0.2) is 47.5 Å². The van der Waals surface area contributed by atoms with Gasteiger partial charge in [-0.15, -0.1) is 24.0 Å². The van der Waals surface area contributed by atoms with Crippen LogP contribution in [-0.4, -0.2) is 31.6 Å². The van der Waals surface area contributed by atoms with E-state index in [9.17, 15) is 4.39 Å². The molecule has 1 aromatic carbocycles. The molecule has 0 aliphatic heterocycles. The third-order valence-corrected chi connectivity index (χ3v) is 3.25. The van der Waals surface area contributed by atoms with Gasteiger partial charge in [-0.3, -0.25) is 4.99 Å². The lowest BCUT2D eigenvalue weighted by molar-refractivity contribution is 0.396.